The topological polar surface area (TPSA) is 82.2 Å². The number of ether oxygens (including phenoxy) is 1. The van der Waals surface area contributed by atoms with E-state index in [1.54, 1.807) is 4.68 Å². The zero-order chi connectivity index (χ0) is 12.3. The molecule has 0 bridgehead atoms. The molecule has 6 heteroatoms. The van der Waals surface area contributed by atoms with Gasteiger partial charge in [-0.15, -0.1) is 0 Å². The number of nitrogens with one attached hydrogen (secondary N) is 1. The van der Waals surface area contributed by atoms with Crippen LogP contribution in [0.4, 0.5) is 5.69 Å². The lowest BCUT2D eigenvalue weighted by atomic mass is 10.1. The summed E-state index contributed by atoms with van der Waals surface area (Å²) in [5.74, 6) is -0.169. The van der Waals surface area contributed by atoms with E-state index in [9.17, 15) is 4.79 Å². The smallest absolute Gasteiger partial charge is 0.271 e. The highest BCUT2D eigenvalue weighted by Gasteiger charge is 2.21. The highest BCUT2D eigenvalue weighted by molar-refractivity contribution is 5.97. The molecule has 1 aromatic heterocycles. The van der Waals surface area contributed by atoms with Crippen molar-refractivity contribution < 1.29 is 9.53 Å². The van der Waals surface area contributed by atoms with E-state index >= 15 is 0 Å². The molecule has 17 heavy (non-hydrogen) atoms. The summed E-state index contributed by atoms with van der Waals surface area (Å²) in [6.45, 7) is 3.90. The summed E-state index contributed by atoms with van der Waals surface area (Å²) < 4.78 is 6.92. The quantitative estimate of drug-likeness (QED) is 0.798. The molecule has 1 fully saturated rings. The second-order valence-electron chi connectivity index (χ2n) is 4.15. The number of carbonyl (C=O) groups excluding carboxylic acids is 1. The normalized spacial score (nSPS) is 20.2. The molecule has 2 rings (SSSR count). The van der Waals surface area contributed by atoms with Crippen molar-refractivity contribution in [1.29, 1.82) is 0 Å². The maximum Gasteiger partial charge on any atom is 0.271 e. The van der Waals surface area contributed by atoms with Gasteiger partial charge in [0.15, 0.2) is 0 Å². The third-order valence-corrected chi connectivity index (χ3v) is 2.88. The minimum Gasteiger partial charge on any atom is -0.396 e. The Balaban J connectivity index is 2.05. The Morgan fingerprint density at radius 1 is 1.76 bits per heavy atom. The fourth-order valence-corrected chi connectivity index (χ4v) is 2.00. The summed E-state index contributed by atoms with van der Waals surface area (Å²) in [5, 5.41) is 6.98. The van der Waals surface area contributed by atoms with E-state index in [0.717, 1.165) is 19.4 Å². The van der Waals surface area contributed by atoms with Gasteiger partial charge < -0.3 is 15.8 Å². The highest BCUT2D eigenvalue weighted by atomic mass is 16.5. The zero-order valence-corrected chi connectivity index (χ0v) is 9.98. The number of anilines is 1. The Morgan fingerprint density at radius 3 is 3.24 bits per heavy atom. The predicted molar refractivity (Wildman–Crippen MR) is 63.6 cm³/mol. The number of amides is 1. The molecule has 2 heterocycles. The Bertz CT molecular complexity index is 396. The fourth-order valence-electron chi connectivity index (χ4n) is 2.00. The SMILES string of the molecule is CCn1ncc(N)c1C(=O)NC1CCCOC1. The number of hydrogen-bond donors (Lipinski definition) is 2. The summed E-state index contributed by atoms with van der Waals surface area (Å²) >= 11 is 0. The minimum absolute atomic E-state index is 0.0795. The zero-order valence-electron chi connectivity index (χ0n) is 9.98. The van der Waals surface area contributed by atoms with Crippen molar-refractivity contribution in [3.05, 3.63) is 11.9 Å². The standard InChI is InChI=1S/C11H18N4O2/c1-2-15-10(9(12)6-13-15)11(16)14-8-4-3-5-17-7-8/h6,8H,2-5,7,12H2,1H3,(H,14,16). The van der Waals surface area contributed by atoms with Crippen molar-refractivity contribution in [2.24, 2.45) is 0 Å². The van der Waals surface area contributed by atoms with E-state index < -0.39 is 0 Å². The van der Waals surface area contributed by atoms with Gasteiger partial charge in [0, 0.05) is 13.2 Å². The second-order valence-corrected chi connectivity index (χ2v) is 4.15. The first-order valence-electron chi connectivity index (χ1n) is 5.92. The van der Waals surface area contributed by atoms with E-state index in [1.807, 2.05) is 6.92 Å². The summed E-state index contributed by atoms with van der Waals surface area (Å²) in [4.78, 5) is 12.1. The average Bonchev–Trinajstić information content (AvgIpc) is 2.71. The minimum atomic E-state index is -0.169. The first-order valence-corrected chi connectivity index (χ1v) is 5.92. The van der Waals surface area contributed by atoms with Crippen molar-refractivity contribution in [3.8, 4) is 0 Å². The Labute approximate surface area is 100 Å². The van der Waals surface area contributed by atoms with Gasteiger partial charge in [0.2, 0.25) is 0 Å². The van der Waals surface area contributed by atoms with Crippen molar-refractivity contribution in [1.82, 2.24) is 15.1 Å². The molecule has 1 unspecified atom stereocenters. The number of nitrogen functional groups attached to an aromatic ring is 1. The third-order valence-electron chi connectivity index (χ3n) is 2.88. The van der Waals surface area contributed by atoms with E-state index in [0.29, 0.717) is 24.5 Å². The van der Waals surface area contributed by atoms with Crippen LogP contribution in [-0.4, -0.2) is 34.9 Å². The third kappa shape index (κ3) is 2.58. The van der Waals surface area contributed by atoms with Gasteiger partial charge in [-0.05, 0) is 19.8 Å². The number of aromatic nitrogens is 2. The molecule has 1 aliphatic heterocycles. The molecule has 1 atom stereocenters. The molecular weight excluding hydrogens is 220 g/mol. The Kier molecular flexibility index (Phi) is 3.63. The second kappa shape index (κ2) is 5.18. The van der Waals surface area contributed by atoms with Gasteiger partial charge in [-0.1, -0.05) is 0 Å². The molecule has 1 aliphatic rings. The Morgan fingerprint density at radius 2 is 2.59 bits per heavy atom. The van der Waals surface area contributed by atoms with Gasteiger partial charge in [0.1, 0.15) is 5.69 Å². The Hall–Kier alpha value is -1.56. The molecule has 6 nitrogen and oxygen atoms in total. The van der Waals surface area contributed by atoms with E-state index in [1.165, 1.54) is 6.20 Å². The monoisotopic (exact) mass is 238 g/mol. The summed E-state index contributed by atoms with van der Waals surface area (Å²) in [7, 11) is 0. The molecule has 1 saturated heterocycles. The number of aryl methyl sites for hydroxylation is 1. The van der Waals surface area contributed by atoms with Crippen molar-refractivity contribution in [2.45, 2.75) is 32.4 Å². The van der Waals surface area contributed by atoms with Gasteiger partial charge in [0.25, 0.3) is 5.91 Å². The van der Waals surface area contributed by atoms with Gasteiger partial charge in [0.05, 0.1) is 24.5 Å². The first-order chi connectivity index (χ1) is 8.22. The van der Waals surface area contributed by atoms with Crippen molar-refractivity contribution in [3.63, 3.8) is 0 Å². The van der Waals surface area contributed by atoms with Crippen LogP contribution in [0.3, 0.4) is 0 Å². The average molecular weight is 238 g/mol. The molecular formula is C11H18N4O2. The molecule has 0 aromatic carbocycles. The number of nitrogens with zero attached hydrogens (tertiary/aromatic N) is 2. The van der Waals surface area contributed by atoms with Gasteiger partial charge >= 0.3 is 0 Å². The van der Waals surface area contributed by atoms with Crippen LogP contribution in [0.25, 0.3) is 0 Å². The van der Waals surface area contributed by atoms with Crippen LogP contribution in [0.2, 0.25) is 0 Å². The van der Waals surface area contributed by atoms with E-state index in [2.05, 4.69) is 10.4 Å². The maximum atomic E-state index is 12.1. The molecule has 1 amide bonds. The van der Waals surface area contributed by atoms with Gasteiger partial charge in [-0.2, -0.15) is 5.10 Å². The van der Waals surface area contributed by atoms with Crippen LogP contribution in [0.5, 0.6) is 0 Å². The van der Waals surface area contributed by atoms with Crippen LogP contribution >= 0.6 is 0 Å². The number of rotatable bonds is 3. The molecule has 1 aromatic rings. The number of carbonyl (C=O) groups is 1. The summed E-state index contributed by atoms with van der Waals surface area (Å²) in [6.07, 6.45) is 3.44. The predicted octanol–water partition coefficient (Wildman–Crippen LogP) is 0.394. The summed E-state index contributed by atoms with van der Waals surface area (Å²) in [6, 6.07) is 0.0795. The van der Waals surface area contributed by atoms with Crippen LogP contribution in [0, 0.1) is 0 Å². The summed E-state index contributed by atoms with van der Waals surface area (Å²) in [5.41, 5.74) is 6.61. The highest BCUT2D eigenvalue weighted by Crippen LogP contribution is 2.12. The van der Waals surface area contributed by atoms with E-state index in [-0.39, 0.29) is 11.9 Å². The van der Waals surface area contributed by atoms with Crippen LogP contribution < -0.4 is 11.1 Å². The van der Waals surface area contributed by atoms with Crippen molar-refractivity contribution >= 4 is 11.6 Å². The van der Waals surface area contributed by atoms with Crippen LogP contribution in [0.1, 0.15) is 30.3 Å². The maximum absolute atomic E-state index is 12.1. The first kappa shape index (κ1) is 11.9. The van der Waals surface area contributed by atoms with Gasteiger partial charge in [-0.25, -0.2) is 0 Å². The molecule has 0 radical (unpaired) electrons. The molecule has 3 N–H and O–H groups in total. The molecule has 94 valence electrons. The molecule has 0 spiro atoms. The van der Waals surface area contributed by atoms with Crippen LogP contribution in [0.15, 0.2) is 6.20 Å². The van der Waals surface area contributed by atoms with Gasteiger partial charge in [-0.3, -0.25) is 9.48 Å². The number of nitrogens with two attached hydrogens (primary N) is 1. The molecule has 0 aliphatic carbocycles. The lowest BCUT2D eigenvalue weighted by Gasteiger charge is -2.23. The largest absolute Gasteiger partial charge is 0.396 e. The lowest BCUT2D eigenvalue weighted by Crippen LogP contribution is -2.41. The molecule has 0 saturated carbocycles. The van der Waals surface area contributed by atoms with Crippen molar-refractivity contribution in [2.75, 3.05) is 18.9 Å². The van der Waals surface area contributed by atoms with Crippen LogP contribution in [-0.2, 0) is 11.3 Å². The number of hydrogen-bond acceptors (Lipinski definition) is 4. The fraction of sp³-hybridized carbons (Fsp3) is 0.636. The van der Waals surface area contributed by atoms with E-state index in [4.69, 9.17) is 10.5 Å². The lowest BCUT2D eigenvalue weighted by molar-refractivity contribution is 0.0620.